The molecule has 482 valence electrons. The van der Waals surface area contributed by atoms with Crippen LogP contribution in [0.3, 0.4) is 0 Å². The summed E-state index contributed by atoms with van der Waals surface area (Å²) in [5.74, 6) is -0.819. The minimum Gasteiger partial charge on any atom is -0.462 e. The van der Waals surface area contributed by atoms with Gasteiger partial charge in [-0.25, -0.2) is 0 Å². The van der Waals surface area contributed by atoms with E-state index in [2.05, 4.69) is 20.8 Å². The summed E-state index contributed by atoms with van der Waals surface area (Å²) in [6.07, 6.45) is 84.5. The maximum atomic E-state index is 12.9. The Morgan fingerprint density at radius 2 is 0.333 bits per heavy atom. The van der Waals surface area contributed by atoms with E-state index in [1.54, 1.807) is 0 Å². The summed E-state index contributed by atoms with van der Waals surface area (Å²) in [4.78, 5) is 38.4. The van der Waals surface area contributed by atoms with E-state index in [0.29, 0.717) is 19.3 Å². The number of hydrogen-bond donors (Lipinski definition) is 0. The maximum absolute atomic E-state index is 12.9. The van der Waals surface area contributed by atoms with E-state index in [-0.39, 0.29) is 31.1 Å². The van der Waals surface area contributed by atoms with Gasteiger partial charge in [-0.1, -0.05) is 406 Å². The molecule has 0 spiro atoms. The smallest absolute Gasteiger partial charge is 0.306 e. The van der Waals surface area contributed by atoms with Crippen LogP contribution < -0.4 is 0 Å². The minimum absolute atomic E-state index is 0.0601. The molecule has 0 bridgehead atoms. The van der Waals surface area contributed by atoms with Crippen LogP contribution in [0.2, 0.25) is 0 Å². The average Bonchev–Trinajstić information content (AvgIpc) is 3.47. The lowest BCUT2D eigenvalue weighted by molar-refractivity contribution is -0.167. The highest BCUT2D eigenvalue weighted by molar-refractivity contribution is 5.71. The summed E-state index contributed by atoms with van der Waals surface area (Å²) in [7, 11) is 0. The Morgan fingerprint density at radius 1 is 0.198 bits per heavy atom. The molecule has 0 saturated carbocycles. The third kappa shape index (κ3) is 69.1. The SMILES string of the molecule is CCCCCCCCCCCCCCCCCCCCCCCCCCCCCCCCCCC(=O)OCC(COC(=O)CCCCCCCCCCCCCCCC)OC(=O)CCCCCCCCCCCCCCCCCCC. The molecule has 0 N–H and O–H groups in total. The first kappa shape index (κ1) is 79.4. The van der Waals surface area contributed by atoms with Gasteiger partial charge in [0, 0.05) is 19.3 Å². The molecule has 0 heterocycles. The zero-order valence-electron chi connectivity index (χ0n) is 55.6. The molecule has 0 rings (SSSR count). The fourth-order valence-electron chi connectivity index (χ4n) is 12.0. The molecule has 1 unspecified atom stereocenters. The molecule has 0 amide bonds. The van der Waals surface area contributed by atoms with Crippen LogP contribution in [0.15, 0.2) is 0 Å². The van der Waals surface area contributed by atoms with E-state index in [9.17, 15) is 14.4 Å². The maximum Gasteiger partial charge on any atom is 0.306 e. The van der Waals surface area contributed by atoms with E-state index in [0.717, 1.165) is 57.8 Å². The quantitative estimate of drug-likeness (QED) is 0.0343. The van der Waals surface area contributed by atoms with Gasteiger partial charge in [-0.05, 0) is 19.3 Å². The van der Waals surface area contributed by atoms with Crippen LogP contribution >= 0.6 is 0 Å². The van der Waals surface area contributed by atoms with Gasteiger partial charge in [-0.3, -0.25) is 14.4 Å². The van der Waals surface area contributed by atoms with Crippen LogP contribution in [0.1, 0.15) is 445 Å². The molecule has 6 nitrogen and oxygen atoms in total. The van der Waals surface area contributed by atoms with Gasteiger partial charge < -0.3 is 14.2 Å². The standard InChI is InChI=1S/C75H146O6/c1-4-7-10-13-16-19-22-25-28-30-31-32-33-34-35-36-37-38-39-40-41-42-43-44-46-47-50-53-56-59-62-65-68-74(77)80-71-72(70-79-73(76)67-64-61-58-55-52-49-27-24-21-18-15-12-9-6-3)81-75(78)69-66-63-60-57-54-51-48-45-29-26-23-20-17-14-11-8-5-2/h72H,4-71H2,1-3H3. The van der Waals surface area contributed by atoms with Crippen molar-refractivity contribution in [2.24, 2.45) is 0 Å². The first-order chi connectivity index (χ1) is 40.0. The average molecular weight is 1140 g/mol. The number of carbonyl (C=O) groups is 3. The zero-order chi connectivity index (χ0) is 58.5. The van der Waals surface area contributed by atoms with Crippen LogP contribution in [0.5, 0.6) is 0 Å². The summed E-state index contributed by atoms with van der Waals surface area (Å²) in [6, 6.07) is 0. The summed E-state index contributed by atoms with van der Waals surface area (Å²) in [6.45, 7) is 6.75. The van der Waals surface area contributed by atoms with Gasteiger partial charge in [-0.2, -0.15) is 0 Å². The van der Waals surface area contributed by atoms with Crippen molar-refractivity contribution in [1.82, 2.24) is 0 Å². The van der Waals surface area contributed by atoms with Crippen LogP contribution in [-0.2, 0) is 28.6 Å². The van der Waals surface area contributed by atoms with Crippen molar-refractivity contribution in [3.63, 3.8) is 0 Å². The second-order valence-electron chi connectivity index (χ2n) is 25.9. The molecule has 0 aromatic rings. The Morgan fingerprint density at radius 3 is 0.494 bits per heavy atom. The molecule has 1 atom stereocenters. The van der Waals surface area contributed by atoms with Crippen LogP contribution in [0.25, 0.3) is 0 Å². The summed E-state index contributed by atoms with van der Waals surface area (Å²) in [5, 5.41) is 0. The lowest BCUT2D eigenvalue weighted by atomic mass is 10.0. The Labute approximate surface area is 508 Å². The fraction of sp³-hybridized carbons (Fsp3) is 0.960. The van der Waals surface area contributed by atoms with Crippen molar-refractivity contribution in [2.45, 2.75) is 451 Å². The van der Waals surface area contributed by atoms with Gasteiger partial charge in [0.05, 0.1) is 0 Å². The predicted molar refractivity (Wildman–Crippen MR) is 354 cm³/mol. The highest BCUT2D eigenvalue weighted by Crippen LogP contribution is 2.20. The van der Waals surface area contributed by atoms with Gasteiger partial charge in [0.15, 0.2) is 6.10 Å². The molecular formula is C75H146O6. The molecule has 6 heteroatoms. The third-order valence-electron chi connectivity index (χ3n) is 17.6. The molecule has 0 aliphatic rings. The highest BCUT2D eigenvalue weighted by Gasteiger charge is 2.20. The minimum atomic E-state index is -0.763. The summed E-state index contributed by atoms with van der Waals surface area (Å²) < 4.78 is 17.0. The molecule has 0 saturated heterocycles. The highest BCUT2D eigenvalue weighted by atomic mass is 16.6. The molecule has 0 aromatic carbocycles. The summed E-state index contributed by atoms with van der Waals surface area (Å²) in [5.41, 5.74) is 0. The third-order valence-corrected chi connectivity index (χ3v) is 17.6. The largest absolute Gasteiger partial charge is 0.462 e. The molecular weight excluding hydrogens is 997 g/mol. The Hall–Kier alpha value is -1.59. The number of rotatable bonds is 71. The van der Waals surface area contributed by atoms with Gasteiger partial charge in [0.2, 0.25) is 0 Å². The normalized spacial score (nSPS) is 11.9. The van der Waals surface area contributed by atoms with Crippen molar-refractivity contribution >= 4 is 17.9 Å². The van der Waals surface area contributed by atoms with Gasteiger partial charge in [-0.15, -0.1) is 0 Å². The zero-order valence-corrected chi connectivity index (χ0v) is 55.6. The second-order valence-corrected chi connectivity index (χ2v) is 25.9. The van der Waals surface area contributed by atoms with Crippen LogP contribution in [0.4, 0.5) is 0 Å². The molecule has 0 aromatic heterocycles. The lowest BCUT2D eigenvalue weighted by Crippen LogP contribution is -2.30. The molecule has 0 aliphatic carbocycles. The van der Waals surface area contributed by atoms with Gasteiger partial charge >= 0.3 is 17.9 Å². The Kier molecular flexibility index (Phi) is 69.5. The number of hydrogen-bond acceptors (Lipinski definition) is 6. The van der Waals surface area contributed by atoms with Crippen molar-refractivity contribution in [3.8, 4) is 0 Å². The summed E-state index contributed by atoms with van der Waals surface area (Å²) >= 11 is 0. The monoisotopic (exact) mass is 1140 g/mol. The number of esters is 3. The predicted octanol–water partition coefficient (Wildman–Crippen LogP) is 25.8. The van der Waals surface area contributed by atoms with Gasteiger partial charge in [0.25, 0.3) is 0 Å². The lowest BCUT2D eigenvalue weighted by Gasteiger charge is -2.18. The van der Waals surface area contributed by atoms with Gasteiger partial charge in [0.1, 0.15) is 13.2 Å². The first-order valence-electron chi connectivity index (χ1n) is 37.5. The fourth-order valence-corrected chi connectivity index (χ4v) is 12.0. The molecule has 0 radical (unpaired) electrons. The first-order valence-corrected chi connectivity index (χ1v) is 37.5. The topological polar surface area (TPSA) is 78.9 Å². The second kappa shape index (κ2) is 70.9. The van der Waals surface area contributed by atoms with Crippen molar-refractivity contribution in [3.05, 3.63) is 0 Å². The number of carbonyl (C=O) groups excluding carboxylic acids is 3. The van der Waals surface area contributed by atoms with E-state index in [4.69, 9.17) is 14.2 Å². The molecule has 0 fully saturated rings. The van der Waals surface area contributed by atoms with E-state index in [1.165, 1.54) is 347 Å². The van der Waals surface area contributed by atoms with Crippen molar-refractivity contribution < 1.29 is 28.6 Å². The number of unbranched alkanes of at least 4 members (excludes halogenated alkanes) is 60. The van der Waals surface area contributed by atoms with E-state index in [1.807, 2.05) is 0 Å². The molecule has 0 aliphatic heterocycles. The Balaban J connectivity index is 4.08. The number of ether oxygens (including phenoxy) is 3. The van der Waals surface area contributed by atoms with Crippen molar-refractivity contribution in [1.29, 1.82) is 0 Å². The van der Waals surface area contributed by atoms with Crippen molar-refractivity contribution in [2.75, 3.05) is 13.2 Å². The van der Waals surface area contributed by atoms with E-state index < -0.39 is 6.10 Å². The Bertz CT molecular complexity index is 1220. The van der Waals surface area contributed by atoms with Crippen LogP contribution in [0, 0.1) is 0 Å². The molecule has 81 heavy (non-hydrogen) atoms. The van der Waals surface area contributed by atoms with Crippen LogP contribution in [-0.4, -0.2) is 37.2 Å². The van der Waals surface area contributed by atoms with E-state index >= 15 is 0 Å².